The average molecular weight is 254 g/mol. The van der Waals surface area contributed by atoms with Gasteiger partial charge in [-0.05, 0) is 30.5 Å². The molecule has 1 aromatic carbocycles. The summed E-state index contributed by atoms with van der Waals surface area (Å²) < 4.78 is 2.04. The number of rotatable bonds is 3. The highest BCUT2D eigenvalue weighted by atomic mass is 16.2. The Balaban J connectivity index is 1.80. The van der Waals surface area contributed by atoms with Crippen LogP contribution in [0.4, 0.5) is 0 Å². The second kappa shape index (κ2) is 5.31. The molecule has 3 rings (SSSR count). The summed E-state index contributed by atoms with van der Waals surface area (Å²) in [6.07, 6.45) is 4.24. The first-order valence-electron chi connectivity index (χ1n) is 6.83. The molecule has 0 atom stereocenters. The molecule has 2 heterocycles. The Bertz CT molecular complexity index is 553. The van der Waals surface area contributed by atoms with E-state index in [1.807, 2.05) is 46.0 Å². The molecule has 2 aromatic rings. The molecule has 0 bridgehead atoms. The van der Waals surface area contributed by atoms with E-state index in [9.17, 15) is 4.79 Å². The Morgan fingerprint density at radius 2 is 1.74 bits per heavy atom. The maximum Gasteiger partial charge on any atom is 0.270 e. The van der Waals surface area contributed by atoms with Gasteiger partial charge in [-0.3, -0.25) is 4.79 Å². The minimum Gasteiger partial charge on any atom is -0.339 e. The number of nitrogens with zero attached hydrogens (tertiary/aromatic N) is 2. The van der Waals surface area contributed by atoms with E-state index in [4.69, 9.17) is 0 Å². The van der Waals surface area contributed by atoms with E-state index in [0.717, 1.165) is 38.2 Å². The SMILES string of the molecule is O=C(c1cccn1Cc1ccccc1)N1CCCC1. The summed E-state index contributed by atoms with van der Waals surface area (Å²) >= 11 is 0. The summed E-state index contributed by atoms with van der Waals surface area (Å²) in [5.74, 6) is 0.165. The number of hydrogen-bond donors (Lipinski definition) is 0. The first kappa shape index (κ1) is 12.0. The van der Waals surface area contributed by atoms with Crippen LogP contribution < -0.4 is 0 Å². The van der Waals surface area contributed by atoms with Crippen molar-refractivity contribution < 1.29 is 4.79 Å². The van der Waals surface area contributed by atoms with Crippen LogP contribution in [0, 0.1) is 0 Å². The molecule has 0 saturated carbocycles. The van der Waals surface area contributed by atoms with Crippen molar-refractivity contribution in [3.8, 4) is 0 Å². The Hall–Kier alpha value is -2.03. The van der Waals surface area contributed by atoms with Crippen LogP contribution in [-0.4, -0.2) is 28.5 Å². The molecule has 3 nitrogen and oxygen atoms in total. The summed E-state index contributed by atoms with van der Waals surface area (Å²) in [7, 11) is 0. The largest absolute Gasteiger partial charge is 0.339 e. The lowest BCUT2D eigenvalue weighted by Gasteiger charge is -2.17. The van der Waals surface area contributed by atoms with Crippen LogP contribution in [0.5, 0.6) is 0 Å². The zero-order chi connectivity index (χ0) is 13.1. The highest BCUT2D eigenvalue weighted by molar-refractivity contribution is 5.93. The fraction of sp³-hybridized carbons (Fsp3) is 0.312. The van der Waals surface area contributed by atoms with Gasteiger partial charge in [-0.1, -0.05) is 30.3 Å². The Morgan fingerprint density at radius 3 is 2.47 bits per heavy atom. The first-order valence-corrected chi connectivity index (χ1v) is 6.83. The number of aromatic nitrogens is 1. The predicted molar refractivity (Wildman–Crippen MR) is 75.1 cm³/mol. The predicted octanol–water partition coefficient (Wildman–Crippen LogP) is 2.77. The summed E-state index contributed by atoms with van der Waals surface area (Å²) in [6.45, 7) is 2.55. The van der Waals surface area contributed by atoms with Gasteiger partial charge in [-0.2, -0.15) is 0 Å². The normalized spacial score (nSPS) is 14.8. The van der Waals surface area contributed by atoms with Gasteiger partial charge >= 0.3 is 0 Å². The van der Waals surface area contributed by atoms with Crippen molar-refractivity contribution in [2.24, 2.45) is 0 Å². The highest BCUT2D eigenvalue weighted by Crippen LogP contribution is 2.14. The third-order valence-electron chi connectivity index (χ3n) is 3.64. The molecular formula is C16H18N2O. The standard InChI is InChI=1S/C16H18N2O/c19-16(17-10-4-5-11-17)15-9-6-12-18(15)13-14-7-2-1-3-8-14/h1-3,6-9,12H,4-5,10-11,13H2. The molecule has 1 fully saturated rings. The molecule has 0 spiro atoms. The molecule has 1 aliphatic rings. The van der Waals surface area contributed by atoms with Gasteiger partial charge in [0, 0.05) is 25.8 Å². The maximum absolute atomic E-state index is 12.4. The average Bonchev–Trinajstić information content (AvgIpc) is 3.10. The summed E-state index contributed by atoms with van der Waals surface area (Å²) in [6, 6.07) is 14.1. The molecule has 0 aliphatic carbocycles. The van der Waals surface area contributed by atoms with E-state index in [0.29, 0.717) is 0 Å². The van der Waals surface area contributed by atoms with Crippen LogP contribution in [0.3, 0.4) is 0 Å². The molecule has 1 saturated heterocycles. The fourth-order valence-corrected chi connectivity index (χ4v) is 2.61. The van der Waals surface area contributed by atoms with Crippen molar-refractivity contribution in [1.29, 1.82) is 0 Å². The van der Waals surface area contributed by atoms with Crippen LogP contribution in [0.1, 0.15) is 28.9 Å². The smallest absolute Gasteiger partial charge is 0.270 e. The van der Waals surface area contributed by atoms with Crippen LogP contribution in [-0.2, 0) is 6.54 Å². The zero-order valence-electron chi connectivity index (χ0n) is 11.0. The molecule has 0 radical (unpaired) electrons. The molecule has 1 aliphatic heterocycles. The van der Waals surface area contributed by atoms with Gasteiger partial charge in [-0.15, -0.1) is 0 Å². The van der Waals surface area contributed by atoms with Crippen molar-refractivity contribution >= 4 is 5.91 Å². The van der Waals surface area contributed by atoms with Crippen LogP contribution in [0.2, 0.25) is 0 Å². The van der Waals surface area contributed by atoms with Gasteiger partial charge in [0.2, 0.25) is 0 Å². The molecule has 19 heavy (non-hydrogen) atoms. The van der Waals surface area contributed by atoms with Crippen molar-refractivity contribution in [2.45, 2.75) is 19.4 Å². The summed E-state index contributed by atoms with van der Waals surface area (Å²) in [5.41, 5.74) is 2.01. The lowest BCUT2D eigenvalue weighted by atomic mass is 10.2. The maximum atomic E-state index is 12.4. The van der Waals surface area contributed by atoms with Gasteiger partial charge in [-0.25, -0.2) is 0 Å². The fourth-order valence-electron chi connectivity index (χ4n) is 2.61. The molecule has 3 heteroatoms. The van der Waals surface area contributed by atoms with Gasteiger partial charge < -0.3 is 9.47 Å². The van der Waals surface area contributed by atoms with E-state index < -0.39 is 0 Å². The quantitative estimate of drug-likeness (QED) is 0.826. The van der Waals surface area contributed by atoms with Gasteiger partial charge in [0.15, 0.2) is 0 Å². The molecule has 0 N–H and O–H groups in total. The lowest BCUT2D eigenvalue weighted by molar-refractivity contribution is 0.0782. The molecule has 0 unspecified atom stereocenters. The number of carbonyl (C=O) groups is 1. The van der Waals surface area contributed by atoms with Crippen molar-refractivity contribution in [1.82, 2.24) is 9.47 Å². The molecular weight excluding hydrogens is 236 g/mol. The molecule has 1 aromatic heterocycles. The summed E-state index contributed by atoms with van der Waals surface area (Å²) in [5, 5.41) is 0. The summed E-state index contributed by atoms with van der Waals surface area (Å²) in [4.78, 5) is 14.4. The number of hydrogen-bond acceptors (Lipinski definition) is 1. The van der Waals surface area contributed by atoms with E-state index in [1.54, 1.807) is 0 Å². The van der Waals surface area contributed by atoms with Gasteiger partial charge in [0.1, 0.15) is 5.69 Å². The lowest BCUT2D eigenvalue weighted by Crippen LogP contribution is -2.29. The van der Waals surface area contributed by atoms with Crippen LogP contribution in [0.25, 0.3) is 0 Å². The number of benzene rings is 1. The Labute approximate surface area is 113 Å². The molecule has 1 amide bonds. The van der Waals surface area contributed by atoms with Crippen molar-refractivity contribution in [3.05, 3.63) is 59.9 Å². The molecule has 98 valence electrons. The van der Waals surface area contributed by atoms with Gasteiger partial charge in [0.05, 0.1) is 0 Å². The number of likely N-dealkylation sites (tertiary alicyclic amines) is 1. The Morgan fingerprint density at radius 1 is 1.00 bits per heavy atom. The topological polar surface area (TPSA) is 25.2 Å². The van der Waals surface area contributed by atoms with Crippen LogP contribution >= 0.6 is 0 Å². The Kier molecular flexibility index (Phi) is 3.36. The van der Waals surface area contributed by atoms with Crippen LogP contribution in [0.15, 0.2) is 48.7 Å². The third kappa shape index (κ3) is 2.55. The number of amides is 1. The minimum absolute atomic E-state index is 0.165. The second-order valence-corrected chi connectivity index (χ2v) is 5.01. The number of carbonyl (C=O) groups excluding carboxylic acids is 1. The van der Waals surface area contributed by atoms with E-state index in [1.165, 1.54) is 5.56 Å². The first-order chi connectivity index (χ1) is 9.34. The van der Waals surface area contributed by atoms with E-state index in [2.05, 4.69) is 12.1 Å². The highest BCUT2D eigenvalue weighted by Gasteiger charge is 2.21. The van der Waals surface area contributed by atoms with E-state index in [-0.39, 0.29) is 5.91 Å². The minimum atomic E-state index is 0.165. The second-order valence-electron chi connectivity index (χ2n) is 5.01. The van der Waals surface area contributed by atoms with Crippen molar-refractivity contribution in [3.63, 3.8) is 0 Å². The zero-order valence-corrected chi connectivity index (χ0v) is 11.0. The van der Waals surface area contributed by atoms with Gasteiger partial charge in [0.25, 0.3) is 5.91 Å². The monoisotopic (exact) mass is 254 g/mol. The third-order valence-corrected chi connectivity index (χ3v) is 3.64. The van der Waals surface area contributed by atoms with E-state index >= 15 is 0 Å². The van der Waals surface area contributed by atoms with Crippen molar-refractivity contribution in [2.75, 3.05) is 13.1 Å².